The van der Waals surface area contributed by atoms with Crippen LogP contribution in [-0.4, -0.2) is 72.8 Å². The van der Waals surface area contributed by atoms with Crippen LogP contribution >= 0.6 is 29.4 Å². The van der Waals surface area contributed by atoms with E-state index in [1.807, 2.05) is 6.92 Å². The van der Waals surface area contributed by atoms with E-state index in [2.05, 4.69) is 35.7 Å². The van der Waals surface area contributed by atoms with Gasteiger partial charge < -0.3 is 20.3 Å². The fourth-order valence-electron chi connectivity index (χ4n) is 3.66. The Kier molecular flexibility index (Phi) is 7.43. The first-order valence-corrected chi connectivity index (χ1v) is 14.6. The van der Waals surface area contributed by atoms with Gasteiger partial charge in [-0.05, 0) is 13.8 Å². The number of aliphatic hydroxyl groups is 1. The molecule has 4 rings (SSSR count). The van der Waals surface area contributed by atoms with E-state index in [-0.39, 0.29) is 29.8 Å². The van der Waals surface area contributed by atoms with Crippen molar-refractivity contribution in [1.82, 2.24) is 19.5 Å². The number of aromatic nitrogens is 4. The molecular formula is C19H30N5O7PS2. The van der Waals surface area contributed by atoms with Crippen molar-refractivity contribution < 1.29 is 32.7 Å². The van der Waals surface area contributed by atoms with Crippen LogP contribution in [-0.2, 0) is 22.9 Å². The fraction of sp³-hybridized carbons (Fsp3) is 0.737. The molecule has 1 unspecified atom stereocenters. The number of hydrogen-bond acceptors (Lipinski definition) is 13. The van der Waals surface area contributed by atoms with E-state index >= 15 is 0 Å². The molecule has 2 fully saturated rings. The predicted molar refractivity (Wildman–Crippen MR) is 130 cm³/mol. The van der Waals surface area contributed by atoms with E-state index < -0.39 is 31.9 Å². The summed E-state index contributed by atoms with van der Waals surface area (Å²) in [5.74, 6) is 0.832. The van der Waals surface area contributed by atoms with E-state index in [9.17, 15) is 9.67 Å². The number of anilines is 1. The Morgan fingerprint density at radius 2 is 2.18 bits per heavy atom. The number of fused-ring (bicyclic) bond motifs is 2. The molecule has 2 saturated heterocycles. The molecule has 2 aromatic rings. The third-order valence-electron chi connectivity index (χ3n) is 5.02. The molecule has 5 atom stereocenters. The highest BCUT2D eigenvalue weighted by Gasteiger charge is 2.60. The number of nitrogen functional groups attached to an aromatic ring is 1. The maximum Gasteiger partial charge on any atom is 0.475 e. The average Bonchev–Trinajstić information content (AvgIpc) is 3.25. The SMILES string of the molecule is CCOc1nc(N)nc2c1ncn2[C@@H]1O[C@@H]2COP(=O)(OCCSSC(C)(C)C)O[C@H]2[C@@]1(C)O. The number of nitrogens with two attached hydrogens (primary N) is 1. The average molecular weight is 536 g/mol. The summed E-state index contributed by atoms with van der Waals surface area (Å²) in [6.07, 6.45) is -1.15. The zero-order valence-corrected chi connectivity index (χ0v) is 22.2. The van der Waals surface area contributed by atoms with Gasteiger partial charge in [-0.1, -0.05) is 42.4 Å². The van der Waals surface area contributed by atoms with Crippen LogP contribution in [0.25, 0.3) is 11.2 Å². The van der Waals surface area contributed by atoms with Crippen LogP contribution in [0.5, 0.6) is 5.88 Å². The minimum absolute atomic E-state index is 0.00673. The lowest BCUT2D eigenvalue weighted by atomic mass is 9.96. The summed E-state index contributed by atoms with van der Waals surface area (Å²) < 4.78 is 42.8. The van der Waals surface area contributed by atoms with E-state index in [0.717, 1.165) is 0 Å². The molecule has 0 bridgehead atoms. The van der Waals surface area contributed by atoms with Crippen molar-refractivity contribution in [2.45, 2.75) is 63.4 Å². The normalized spacial score (nSPS) is 31.6. The van der Waals surface area contributed by atoms with Crippen LogP contribution in [0.3, 0.4) is 0 Å². The Morgan fingerprint density at radius 3 is 2.88 bits per heavy atom. The van der Waals surface area contributed by atoms with Crippen LogP contribution in [0.1, 0.15) is 40.8 Å². The lowest BCUT2D eigenvalue weighted by molar-refractivity contribution is -0.0907. The summed E-state index contributed by atoms with van der Waals surface area (Å²) in [6.45, 7) is 10.2. The van der Waals surface area contributed by atoms with Crippen molar-refractivity contribution in [2.24, 2.45) is 0 Å². The summed E-state index contributed by atoms with van der Waals surface area (Å²) in [7, 11) is -0.551. The Morgan fingerprint density at radius 1 is 1.41 bits per heavy atom. The summed E-state index contributed by atoms with van der Waals surface area (Å²) >= 11 is 0. The molecule has 0 spiro atoms. The number of ether oxygens (including phenoxy) is 2. The maximum absolute atomic E-state index is 13.1. The van der Waals surface area contributed by atoms with E-state index in [0.29, 0.717) is 23.5 Å². The predicted octanol–water partition coefficient (Wildman–Crippen LogP) is 3.18. The van der Waals surface area contributed by atoms with Crippen LogP contribution in [0.15, 0.2) is 6.33 Å². The number of rotatable bonds is 8. The smallest absolute Gasteiger partial charge is 0.475 e. The van der Waals surface area contributed by atoms with Crippen LogP contribution in [0.2, 0.25) is 0 Å². The Bertz CT molecular complexity index is 1080. The monoisotopic (exact) mass is 535 g/mol. The van der Waals surface area contributed by atoms with E-state index in [4.69, 9.17) is 28.8 Å². The van der Waals surface area contributed by atoms with Crippen molar-refractivity contribution in [3.8, 4) is 5.88 Å². The molecule has 2 aliphatic heterocycles. The van der Waals surface area contributed by atoms with Gasteiger partial charge in [-0.2, -0.15) is 9.97 Å². The van der Waals surface area contributed by atoms with Gasteiger partial charge >= 0.3 is 7.82 Å². The molecule has 190 valence electrons. The second-order valence-corrected chi connectivity index (χ2v) is 13.9. The molecule has 2 aliphatic rings. The molecule has 0 amide bonds. The zero-order chi connectivity index (χ0) is 24.7. The second kappa shape index (κ2) is 9.74. The highest BCUT2D eigenvalue weighted by molar-refractivity contribution is 8.77. The fourth-order valence-corrected chi connectivity index (χ4v) is 7.35. The van der Waals surface area contributed by atoms with Gasteiger partial charge in [0.15, 0.2) is 17.4 Å². The van der Waals surface area contributed by atoms with Gasteiger partial charge in [-0.3, -0.25) is 18.1 Å². The minimum atomic E-state index is -3.87. The van der Waals surface area contributed by atoms with Gasteiger partial charge in [0.05, 0.1) is 26.1 Å². The number of phosphoric ester groups is 1. The molecule has 3 N–H and O–H groups in total. The number of nitrogens with zero attached hydrogens (tertiary/aromatic N) is 4. The molecule has 0 saturated carbocycles. The lowest BCUT2D eigenvalue weighted by Gasteiger charge is -2.35. The largest absolute Gasteiger partial charge is 0.476 e. The van der Waals surface area contributed by atoms with Crippen LogP contribution < -0.4 is 10.5 Å². The van der Waals surface area contributed by atoms with Crippen LogP contribution in [0, 0.1) is 0 Å². The first kappa shape index (κ1) is 26.0. The maximum atomic E-state index is 13.1. The van der Waals surface area contributed by atoms with E-state index in [1.54, 1.807) is 21.6 Å². The number of hydrogen-bond donors (Lipinski definition) is 2. The molecule has 0 aliphatic carbocycles. The van der Waals surface area contributed by atoms with Gasteiger partial charge in [-0.25, -0.2) is 9.55 Å². The molecular weight excluding hydrogens is 505 g/mol. The summed E-state index contributed by atoms with van der Waals surface area (Å²) in [6, 6.07) is 0. The molecule has 15 heteroatoms. The first-order chi connectivity index (χ1) is 15.9. The first-order valence-electron chi connectivity index (χ1n) is 10.8. The molecule has 12 nitrogen and oxygen atoms in total. The second-order valence-electron chi connectivity index (χ2n) is 9.02. The zero-order valence-electron chi connectivity index (χ0n) is 19.7. The van der Waals surface area contributed by atoms with Crippen molar-refractivity contribution in [2.75, 3.05) is 31.3 Å². The minimum Gasteiger partial charge on any atom is -0.476 e. The summed E-state index contributed by atoms with van der Waals surface area (Å²) in [5.41, 5.74) is 4.94. The summed E-state index contributed by atoms with van der Waals surface area (Å²) in [5, 5.41) is 11.4. The Hall–Kier alpha value is -1.12. The van der Waals surface area contributed by atoms with Crippen molar-refractivity contribution >= 4 is 46.5 Å². The molecule has 0 radical (unpaired) electrons. The quantitative estimate of drug-likeness (QED) is 0.289. The van der Waals surface area contributed by atoms with Gasteiger partial charge in [0.2, 0.25) is 11.8 Å². The molecule has 2 aromatic heterocycles. The van der Waals surface area contributed by atoms with E-state index in [1.165, 1.54) is 17.8 Å². The summed E-state index contributed by atoms with van der Waals surface area (Å²) in [4.78, 5) is 12.6. The molecule has 4 heterocycles. The van der Waals surface area contributed by atoms with Gasteiger partial charge in [-0.15, -0.1) is 0 Å². The van der Waals surface area contributed by atoms with Gasteiger partial charge in [0, 0.05) is 10.5 Å². The Balaban J connectivity index is 1.49. The standard InChI is InChI=1S/C19H30N5O7PS2/c1-6-27-15-12-14(22-17(20)23-15)24(10-21-12)16-19(5,25)13-11(30-16)9-29-32(26,31-13)28-7-8-33-34-18(2,3)4/h10-11,13,16,25H,6-9H2,1-5H3,(H2,20,22,23)/t11-,13-,16-,19-,32?/m1/s1. The number of imidazole rings is 1. The molecule has 0 aromatic carbocycles. The highest BCUT2D eigenvalue weighted by atomic mass is 33.1. The van der Waals surface area contributed by atoms with Gasteiger partial charge in [0.1, 0.15) is 17.8 Å². The number of phosphoric acid groups is 1. The van der Waals surface area contributed by atoms with Gasteiger partial charge in [0.25, 0.3) is 0 Å². The highest BCUT2D eigenvalue weighted by Crippen LogP contribution is 2.59. The lowest BCUT2D eigenvalue weighted by Crippen LogP contribution is -2.47. The van der Waals surface area contributed by atoms with Crippen molar-refractivity contribution in [3.63, 3.8) is 0 Å². The van der Waals surface area contributed by atoms with Crippen LogP contribution in [0.4, 0.5) is 5.95 Å². The third-order valence-corrected chi connectivity index (χ3v) is 9.78. The molecule has 34 heavy (non-hydrogen) atoms. The third kappa shape index (κ3) is 5.34. The topological polar surface area (TPSA) is 153 Å². The van der Waals surface area contributed by atoms with Crippen molar-refractivity contribution in [3.05, 3.63) is 6.33 Å². The van der Waals surface area contributed by atoms with Crippen molar-refractivity contribution in [1.29, 1.82) is 0 Å². The Labute approximate surface area is 205 Å².